The topological polar surface area (TPSA) is 56.1 Å². The van der Waals surface area contributed by atoms with Crippen molar-refractivity contribution in [3.05, 3.63) is 52.9 Å². The van der Waals surface area contributed by atoms with E-state index in [1.165, 1.54) is 5.56 Å². The minimum atomic E-state index is 0.340. The molecule has 0 radical (unpaired) electrons. The van der Waals surface area contributed by atoms with Crippen LogP contribution in [0.15, 0.2) is 36.7 Å². The van der Waals surface area contributed by atoms with Gasteiger partial charge in [0, 0.05) is 49.6 Å². The summed E-state index contributed by atoms with van der Waals surface area (Å²) < 4.78 is 0. The number of nitriles is 1. The van der Waals surface area contributed by atoms with Crippen LogP contribution in [0, 0.1) is 11.3 Å². The molecule has 3 rings (SSSR count). The number of hydrogen-bond donors (Lipinski definition) is 0. The maximum Gasteiger partial charge on any atom is 0.183 e. The lowest BCUT2D eigenvalue weighted by molar-refractivity contribution is 0.198. The SMILES string of the molecule is C[C@@H](c1ccc(Cl)cc1)N1CCN(c2nccnc2C#N)CC1. The molecule has 23 heavy (non-hydrogen) atoms. The molecule has 0 aliphatic carbocycles. The van der Waals surface area contributed by atoms with E-state index in [0.717, 1.165) is 31.2 Å². The average molecular weight is 328 g/mol. The van der Waals surface area contributed by atoms with Crippen molar-refractivity contribution in [3.8, 4) is 6.07 Å². The van der Waals surface area contributed by atoms with Crippen molar-refractivity contribution in [1.82, 2.24) is 14.9 Å². The summed E-state index contributed by atoms with van der Waals surface area (Å²) in [6.45, 7) is 5.73. The zero-order valence-electron chi connectivity index (χ0n) is 13.0. The van der Waals surface area contributed by atoms with Crippen LogP contribution >= 0.6 is 11.6 Å². The Hall–Kier alpha value is -2.16. The normalized spacial score (nSPS) is 16.8. The van der Waals surface area contributed by atoms with E-state index in [-0.39, 0.29) is 0 Å². The first-order valence-corrected chi connectivity index (χ1v) is 8.02. The minimum absolute atomic E-state index is 0.340. The van der Waals surface area contributed by atoms with Gasteiger partial charge in [0.15, 0.2) is 11.5 Å². The standard InChI is InChI=1S/C17H18ClN5/c1-13(14-2-4-15(18)5-3-14)22-8-10-23(11-9-22)17-16(12-19)20-6-7-21-17/h2-7,13H,8-11H2,1H3/t13-/m0/s1. The van der Waals surface area contributed by atoms with Gasteiger partial charge in [-0.25, -0.2) is 9.97 Å². The van der Waals surface area contributed by atoms with Crippen molar-refractivity contribution in [2.24, 2.45) is 0 Å². The fraction of sp³-hybridized carbons (Fsp3) is 0.353. The summed E-state index contributed by atoms with van der Waals surface area (Å²) in [6, 6.07) is 10.5. The summed E-state index contributed by atoms with van der Waals surface area (Å²) in [7, 11) is 0. The zero-order chi connectivity index (χ0) is 16.2. The molecule has 1 fully saturated rings. The van der Waals surface area contributed by atoms with Gasteiger partial charge in [0.25, 0.3) is 0 Å². The highest BCUT2D eigenvalue weighted by molar-refractivity contribution is 6.30. The molecule has 1 atom stereocenters. The van der Waals surface area contributed by atoms with Gasteiger partial charge >= 0.3 is 0 Å². The maximum atomic E-state index is 9.16. The third kappa shape index (κ3) is 3.44. The van der Waals surface area contributed by atoms with E-state index < -0.39 is 0 Å². The van der Waals surface area contributed by atoms with Crippen LogP contribution < -0.4 is 4.90 Å². The quantitative estimate of drug-likeness (QED) is 0.867. The number of anilines is 1. The van der Waals surface area contributed by atoms with E-state index >= 15 is 0 Å². The second-order valence-electron chi connectivity index (χ2n) is 5.59. The first-order chi connectivity index (χ1) is 11.2. The number of piperazine rings is 1. The molecular formula is C17H18ClN5. The van der Waals surface area contributed by atoms with E-state index in [1.54, 1.807) is 12.4 Å². The highest BCUT2D eigenvalue weighted by atomic mass is 35.5. The minimum Gasteiger partial charge on any atom is -0.352 e. The van der Waals surface area contributed by atoms with E-state index in [4.69, 9.17) is 16.9 Å². The summed E-state index contributed by atoms with van der Waals surface area (Å²) in [5, 5.41) is 9.92. The molecule has 1 saturated heterocycles. The summed E-state index contributed by atoms with van der Waals surface area (Å²) >= 11 is 5.96. The van der Waals surface area contributed by atoms with Crippen LogP contribution in [-0.4, -0.2) is 41.0 Å². The summed E-state index contributed by atoms with van der Waals surface area (Å²) in [5.74, 6) is 0.689. The van der Waals surface area contributed by atoms with Gasteiger partial charge in [0.05, 0.1) is 0 Å². The molecule has 0 bridgehead atoms. The molecule has 1 aromatic heterocycles. The number of aromatic nitrogens is 2. The number of rotatable bonds is 3. The molecule has 0 amide bonds. The smallest absolute Gasteiger partial charge is 0.183 e. The van der Waals surface area contributed by atoms with Crippen molar-refractivity contribution in [2.45, 2.75) is 13.0 Å². The van der Waals surface area contributed by atoms with Gasteiger partial charge < -0.3 is 4.90 Å². The Morgan fingerprint density at radius 1 is 1.09 bits per heavy atom. The molecule has 2 aromatic rings. The Kier molecular flexibility index (Phi) is 4.75. The number of benzene rings is 1. The highest BCUT2D eigenvalue weighted by Crippen LogP contribution is 2.24. The van der Waals surface area contributed by atoms with Crippen molar-refractivity contribution >= 4 is 17.4 Å². The molecule has 5 nitrogen and oxygen atoms in total. The van der Waals surface area contributed by atoms with Crippen molar-refractivity contribution in [1.29, 1.82) is 5.26 Å². The number of nitrogens with zero attached hydrogens (tertiary/aromatic N) is 5. The van der Waals surface area contributed by atoms with Crippen LogP contribution in [0.5, 0.6) is 0 Å². The average Bonchev–Trinajstić information content (AvgIpc) is 2.62. The molecule has 2 heterocycles. The Balaban J connectivity index is 1.66. The third-order valence-electron chi connectivity index (χ3n) is 4.30. The third-order valence-corrected chi connectivity index (χ3v) is 4.55. The second kappa shape index (κ2) is 6.95. The van der Waals surface area contributed by atoms with Crippen LogP contribution in [0.25, 0.3) is 0 Å². The van der Waals surface area contributed by atoms with Gasteiger partial charge in [0.2, 0.25) is 0 Å². The lowest BCUT2D eigenvalue weighted by atomic mass is 10.1. The Labute approximate surface area is 141 Å². The fourth-order valence-electron chi connectivity index (χ4n) is 2.91. The maximum absolute atomic E-state index is 9.16. The van der Waals surface area contributed by atoms with Crippen LogP contribution in [0.3, 0.4) is 0 Å². The lowest BCUT2D eigenvalue weighted by Gasteiger charge is -2.38. The summed E-state index contributed by atoms with van der Waals surface area (Å²) in [6.07, 6.45) is 3.19. The van der Waals surface area contributed by atoms with Crippen molar-refractivity contribution in [2.75, 3.05) is 31.1 Å². The largest absolute Gasteiger partial charge is 0.352 e. The van der Waals surface area contributed by atoms with Crippen LogP contribution in [-0.2, 0) is 0 Å². The molecule has 0 N–H and O–H groups in total. The summed E-state index contributed by atoms with van der Waals surface area (Å²) in [4.78, 5) is 13.0. The molecule has 0 unspecified atom stereocenters. The summed E-state index contributed by atoms with van der Waals surface area (Å²) in [5.41, 5.74) is 1.66. The second-order valence-corrected chi connectivity index (χ2v) is 6.03. The Morgan fingerprint density at radius 2 is 1.74 bits per heavy atom. The molecule has 118 valence electrons. The Morgan fingerprint density at radius 3 is 2.39 bits per heavy atom. The van der Waals surface area contributed by atoms with E-state index in [9.17, 15) is 0 Å². The molecule has 0 saturated carbocycles. The first kappa shape index (κ1) is 15.7. The van der Waals surface area contributed by atoms with Gasteiger partial charge in [-0.2, -0.15) is 5.26 Å². The zero-order valence-corrected chi connectivity index (χ0v) is 13.7. The Bertz CT molecular complexity index is 702. The molecule has 1 aliphatic rings. The van der Waals surface area contributed by atoms with Crippen LogP contribution in [0.1, 0.15) is 24.2 Å². The van der Waals surface area contributed by atoms with E-state index in [1.807, 2.05) is 12.1 Å². The van der Waals surface area contributed by atoms with Crippen molar-refractivity contribution < 1.29 is 0 Å². The van der Waals surface area contributed by atoms with E-state index in [2.05, 4.69) is 44.9 Å². The molecule has 6 heteroatoms. The predicted molar refractivity (Wildman–Crippen MR) is 90.4 cm³/mol. The molecule has 0 spiro atoms. The molecule has 1 aromatic carbocycles. The fourth-order valence-corrected chi connectivity index (χ4v) is 3.04. The van der Waals surface area contributed by atoms with Crippen molar-refractivity contribution in [3.63, 3.8) is 0 Å². The van der Waals surface area contributed by atoms with Crippen LogP contribution in [0.4, 0.5) is 5.82 Å². The van der Waals surface area contributed by atoms with Gasteiger partial charge in [-0.05, 0) is 24.6 Å². The number of halogens is 1. The van der Waals surface area contributed by atoms with Gasteiger partial charge in [-0.15, -0.1) is 0 Å². The van der Waals surface area contributed by atoms with E-state index in [0.29, 0.717) is 17.6 Å². The van der Waals surface area contributed by atoms with Gasteiger partial charge in [-0.3, -0.25) is 4.90 Å². The van der Waals surface area contributed by atoms with Gasteiger partial charge in [0.1, 0.15) is 6.07 Å². The first-order valence-electron chi connectivity index (χ1n) is 7.64. The monoisotopic (exact) mass is 327 g/mol. The molecular weight excluding hydrogens is 310 g/mol. The number of hydrogen-bond acceptors (Lipinski definition) is 5. The van der Waals surface area contributed by atoms with Crippen LogP contribution in [0.2, 0.25) is 5.02 Å². The predicted octanol–water partition coefficient (Wildman–Crippen LogP) is 2.88. The highest BCUT2D eigenvalue weighted by Gasteiger charge is 2.24. The molecule has 1 aliphatic heterocycles. The lowest BCUT2D eigenvalue weighted by Crippen LogP contribution is -2.47. The van der Waals surface area contributed by atoms with Gasteiger partial charge in [-0.1, -0.05) is 23.7 Å².